The van der Waals surface area contributed by atoms with Crippen LogP contribution in [0.5, 0.6) is 0 Å². The molecule has 0 aliphatic carbocycles. The number of rotatable bonds is 4. The Labute approximate surface area is 119 Å². The molecule has 1 fully saturated rings. The first-order valence-electron chi connectivity index (χ1n) is 6.86. The van der Waals surface area contributed by atoms with Crippen LogP contribution < -0.4 is 10.0 Å². The Morgan fingerprint density at radius 3 is 2.90 bits per heavy atom. The molecular weight excluding hydrogens is 279 g/mol. The lowest BCUT2D eigenvalue weighted by atomic mass is 9.88. The fourth-order valence-corrected chi connectivity index (χ4v) is 3.88. The van der Waals surface area contributed by atoms with Gasteiger partial charge in [-0.05, 0) is 56.0 Å². The summed E-state index contributed by atoms with van der Waals surface area (Å²) in [5.41, 5.74) is 0.553. The molecule has 6 heteroatoms. The van der Waals surface area contributed by atoms with Gasteiger partial charge in [0.05, 0.1) is 4.90 Å². The molecule has 1 aliphatic heterocycles. The summed E-state index contributed by atoms with van der Waals surface area (Å²) >= 11 is 0. The zero-order valence-electron chi connectivity index (χ0n) is 11.8. The van der Waals surface area contributed by atoms with E-state index in [9.17, 15) is 12.8 Å². The van der Waals surface area contributed by atoms with Gasteiger partial charge in [0.2, 0.25) is 10.0 Å². The summed E-state index contributed by atoms with van der Waals surface area (Å²) in [6.07, 6.45) is 0.950. The van der Waals surface area contributed by atoms with Crippen molar-refractivity contribution in [1.82, 2.24) is 10.0 Å². The second kappa shape index (κ2) is 6.20. The minimum atomic E-state index is -3.65. The van der Waals surface area contributed by atoms with Gasteiger partial charge >= 0.3 is 0 Å². The molecule has 1 saturated heterocycles. The number of piperidine rings is 1. The molecule has 1 aromatic carbocycles. The van der Waals surface area contributed by atoms with Crippen molar-refractivity contribution in [2.24, 2.45) is 11.8 Å². The van der Waals surface area contributed by atoms with Gasteiger partial charge in [0.25, 0.3) is 0 Å². The minimum Gasteiger partial charge on any atom is -0.316 e. The van der Waals surface area contributed by atoms with Crippen molar-refractivity contribution in [2.45, 2.75) is 25.2 Å². The molecule has 1 aromatic rings. The Balaban J connectivity index is 2.09. The topological polar surface area (TPSA) is 58.2 Å². The maximum absolute atomic E-state index is 13.2. The maximum Gasteiger partial charge on any atom is 0.240 e. The molecule has 0 bridgehead atoms. The van der Waals surface area contributed by atoms with Gasteiger partial charge in [-0.1, -0.05) is 13.0 Å². The lowest BCUT2D eigenvalue weighted by molar-refractivity contribution is 0.274. The molecule has 2 atom stereocenters. The van der Waals surface area contributed by atoms with Gasteiger partial charge in [-0.25, -0.2) is 17.5 Å². The molecule has 0 spiro atoms. The Morgan fingerprint density at radius 2 is 2.20 bits per heavy atom. The third-order valence-corrected chi connectivity index (χ3v) is 5.50. The number of hydrogen-bond acceptors (Lipinski definition) is 3. The van der Waals surface area contributed by atoms with Crippen molar-refractivity contribution in [3.05, 3.63) is 29.6 Å². The van der Waals surface area contributed by atoms with E-state index in [0.29, 0.717) is 23.9 Å². The number of nitrogens with one attached hydrogen (secondary N) is 2. The maximum atomic E-state index is 13.2. The van der Waals surface area contributed by atoms with Crippen LogP contribution in [0, 0.1) is 24.6 Å². The highest BCUT2D eigenvalue weighted by atomic mass is 32.2. The molecule has 1 aliphatic rings. The SMILES string of the molecule is Cc1ccc(F)cc1S(=O)(=O)NCC1CCNCC1C. The Morgan fingerprint density at radius 1 is 1.45 bits per heavy atom. The summed E-state index contributed by atoms with van der Waals surface area (Å²) in [4.78, 5) is 0.0269. The van der Waals surface area contributed by atoms with E-state index in [1.807, 2.05) is 0 Å². The molecule has 2 N–H and O–H groups in total. The number of sulfonamides is 1. The lowest BCUT2D eigenvalue weighted by Crippen LogP contribution is -2.41. The molecule has 0 aromatic heterocycles. The van der Waals surface area contributed by atoms with Gasteiger partial charge in [0.1, 0.15) is 5.82 Å². The molecular formula is C14H21FN2O2S. The Hall–Kier alpha value is -0.980. The van der Waals surface area contributed by atoms with Crippen LogP contribution in [0.3, 0.4) is 0 Å². The van der Waals surface area contributed by atoms with Crippen molar-refractivity contribution < 1.29 is 12.8 Å². The highest BCUT2D eigenvalue weighted by molar-refractivity contribution is 7.89. The van der Waals surface area contributed by atoms with E-state index in [-0.39, 0.29) is 4.90 Å². The molecule has 112 valence electrons. The summed E-state index contributed by atoms with van der Waals surface area (Å²) in [5, 5.41) is 3.28. The quantitative estimate of drug-likeness (QED) is 0.889. The molecule has 1 heterocycles. The normalized spacial score (nSPS) is 23.8. The standard InChI is InChI=1S/C14H21FN2O2S/c1-10-3-4-13(15)7-14(10)20(18,19)17-9-12-5-6-16-8-11(12)2/h3-4,7,11-12,16-17H,5-6,8-9H2,1-2H3. The van der Waals surface area contributed by atoms with E-state index in [2.05, 4.69) is 17.0 Å². The van der Waals surface area contributed by atoms with E-state index >= 15 is 0 Å². The van der Waals surface area contributed by atoms with Gasteiger partial charge in [-0.2, -0.15) is 0 Å². The van der Waals surface area contributed by atoms with E-state index in [4.69, 9.17) is 0 Å². The van der Waals surface area contributed by atoms with Crippen LogP contribution in [0.4, 0.5) is 4.39 Å². The molecule has 20 heavy (non-hydrogen) atoms. The number of benzene rings is 1. The Kier molecular flexibility index (Phi) is 4.78. The van der Waals surface area contributed by atoms with Gasteiger partial charge < -0.3 is 5.32 Å². The van der Waals surface area contributed by atoms with Crippen molar-refractivity contribution in [2.75, 3.05) is 19.6 Å². The molecule has 4 nitrogen and oxygen atoms in total. The summed E-state index contributed by atoms with van der Waals surface area (Å²) in [6.45, 7) is 6.00. The third kappa shape index (κ3) is 3.56. The van der Waals surface area contributed by atoms with E-state index in [1.165, 1.54) is 12.1 Å². The fraction of sp³-hybridized carbons (Fsp3) is 0.571. The minimum absolute atomic E-state index is 0.0269. The molecule has 0 amide bonds. The molecule has 2 unspecified atom stereocenters. The monoisotopic (exact) mass is 300 g/mol. The first kappa shape index (κ1) is 15.4. The highest BCUT2D eigenvalue weighted by Crippen LogP contribution is 2.20. The average molecular weight is 300 g/mol. The molecule has 0 radical (unpaired) electrons. The van der Waals surface area contributed by atoms with Crippen LogP contribution in [0.2, 0.25) is 0 Å². The van der Waals surface area contributed by atoms with Crippen molar-refractivity contribution in [1.29, 1.82) is 0 Å². The first-order valence-corrected chi connectivity index (χ1v) is 8.35. The van der Waals surface area contributed by atoms with Crippen LogP contribution in [0.1, 0.15) is 18.9 Å². The van der Waals surface area contributed by atoms with Crippen LogP contribution in [0.25, 0.3) is 0 Å². The van der Waals surface area contributed by atoms with E-state index < -0.39 is 15.8 Å². The van der Waals surface area contributed by atoms with Crippen molar-refractivity contribution in [3.63, 3.8) is 0 Å². The van der Waals surface area contributed by atoms with Crippen LogP contribution >= 0.6 is 0 Å². The highest BCUT2D eigenvalue weighted by Gasteiger charge is 2.24. The predicted octanol–water partition coefficient (Wildman–Crippen LogP) is 1.66. The number of hydrogen-bond donors (Lipinski definition) is 2. The van der Waals surface area contributed by atoms with Crippen LogP contribution in [-0.2, 0) is 10.0 Å². The first-order chi connectivity index (χ1) is 9.40. The summed E-state index contributed by atoms with van der Waals surface area (Å²) in [6, 6.07) is 3.82. The fourth-order valence-electron chi connectivity index (χ4n) is 2.53. The molecule has 2 rings (SSSR count). The lowest BCUT2D eigenvalue weighted by Gasteiger charge is -2.29. The van der Waals surface area contributed by atoms with Gasteiger partial charge in [0.15, 0.2) is 0 Å². The second-order valence-electron chi connectivity index (χ2n) is 5.49. The third-order valence-electron chi connectivity index (χ3n) is 3.94. The van der Waals surface area contributed by atoms with Gasteiger partial charge in [-0.15, -0.1) is 0 Å². The largest absolute Gasteiger partial charge is 0.316 e. The van der Waals surface area contributed by atoms with Gasteiger partial charge in [0, 0.05) is 6.54 Å². The summed E-state index contributed by atoms with van der Waals surface area (Å²) < 4.78 is 40.4. The summed E-state index contributed by atoms with van der Waals surface area (Å²) in [5.74, 6) is 0.214. The predicted molar refractivity (Wildman–Crippen MR) is 76.5 cm³/mol. The van der Waals surface area contributed by atoms with E-state index in [1.54, 1.807) is 6.92 Å². The number of halogens is 1. The second-order valence-corrected chi connectivity index (χ2v) is 7.23. The van der Waals surface area contributed by atoms with E-state index in [0.717, 1.165) is 25.6 Å². The summed E-state index contributed by atoms with van der Waals surface area (Å²) in [7, 11) is -3.65. The van der Waals surface area contributed by atoms with Crippen LogP contribution in [0.15, 0.2) is 23.1 Å². The van der Waals surface area contributed by atoms with Crippen molar-refractivity contribution in [3.8, 4) is 0 Å². The zero-order chi connectivity index (χ0) is 14.8. The van der Waals surface area contributed by atoms with Gasteiger partial charge in [-0.3, -0.25) is 0 Å². The smallest absolute Gasteiger partial charge is 0.240 e. The van der Waals surface area contributed by atoms with Crippen molar-refractivity contribution >= 4 is 10.0 Å². The number of aryl methyl sites for hydroxylation is 1. The average Bonchev–Trinajstić information content (AvgIpc) is 2.40. The van der Waals surface area contributed by atoms with Crippen LogP contribution in [-0.4, -0.2) is 28.1 Å². The molecule has 0 saturated carbocycles. The Bertz CT molecular complexity index is 575. The zero-order valence-corrected chi connectivity index (χ0v) is 12.6.